The number of carbonyl (C=O) groups is 1. The molecule has 3 rings (SSSR count). The zero-order chi connectivity index (χ0) is 13.1. The molecule has 1 heterocycles. The molecule has 0 atom stereocenters. The third-order valence-electron chi connectivity index (χ3n) is 3.57. The van der Waals surface area contributed by atoms with Crippen LogP contribution in [0.4, 0.5) is 10.5 Å². The van der Waals surface area contributed by atoms with Crippen LogP contribution < -0.4 is 10.6 Å². The van der Waals surface area contributed by atoms with Gasteiger partial charge in [-0.3, -0.25) is 4.98 Å². The second kappa shape index (κ2) is 5.26. The van der Waals surface area contributed by atoms with Crippen molar-refractivity contribution in [2.75, 3.05) is 5.32 Å². The van der Waals surface area contributed by atoms with E-state index in [1.807, 2.05) is 30.3 Å². The van der Waals surface area contributed by atoms with E-state index < -0.39 is 0 Å². The van der Waals surface area contributed by atoms with Crippen molar-refractivity contribution in [3.8, 4) is 0 Å². The van der Waals surface area contributed by atoms with E-state index in [1.54, 1.807) is 6.20 Å². The van der Waals surface area contributed by atoms with Crippen LogP contribution in [0.3, 0.4) is 0 Å². The molecule has 0 bridgehead atoms. The highest BCUT2D eigenvalue weighted by Gasteiger charge is 2.17. The van der Waals surface area contributed by atoms with Gasteiger partial charge in [0.15, 0.2) is 0 Å². The molecule has 19 heavy (non-hydrogen) atoms. The summed E-state index contributed by atoms with van der Waals surface area (Å²) in [7, 11) is 0. The molecule has 98 valence electrons. The largest absolute Gasteiger partial charge is 0.335 e. The molecule has 2 N–H and O–H groups in total. The average Bonchev–Trinajstić information content (AvgIpc) is 2.92. The second-order valence-corrected chi connectivity index (χ2v) is 4.96. The highest BCUT2D eigenvalue weighted by Crippen LogP contribution is 2.21. The van der Waals surface area contributed by atoms with Gasteiger partial charge in [-0.05, 0) is 25.0 Å². The van der Waals surface area contributed by atoms with Gasteiger partial charge in [-0.2, -0.15) is 0 Å². The first-order valence-electron chi connectivity index (χ1n) is 6.74. The highest BCUT2D eigenvalue weighted by molar-refractivity contribution is 5.99. The Morgan fingerprint density at radius 2 is 1.95 bits per heavy atom. The van der Waals surface area contributed by atoms with E-state index in [1.165, 1.54) is 12.8 Å². The molecule has 2 amide bonds. The Labute approximate surface area is 112 Å². The summed E-state index contributed by atoms with van der Waals surface area (Å²) < 4.78 is 0. The lowest BCUT2D eigenvalue weighted by atomic mass is 10.2. The summed E-state index contributed by atoms with van der Waals surface area (Å²) >= 11 is 0. The van der Waals surface area contributed by atoms with E-state index in [0.29, 0.717) is 6.04 Å². The SMILES string of the molecule is O=C(Nc1cccc2cccnc12)NC1CCCC1. The van der Waals surface area contributed by atoms with Crippen LogP contribution in [-0.4, -0.2) is 17.1 Å². The van der Waals surface area contributed by atoms with Gasteiger partial charge in [0.1, 0.15) is 0 Å². The number of anilines is 1. The summed E-state index contributed by atoms with van der Waals surface area (Å²) in [5, 5.41) is 6.94. The lowest BCUT2D eigenvalue weighted by Gasteiger charge is -2.13. The van der Waals surface area contributed by atoms with Crippen molar-refractivity contribution >= 4 is 22.6 Å². The predicted molar refractivity (Wildman–Crippen MR) is 76.2 cm³/mol. The molecule has 1 aliphatic carbocycles. The van der Waals surface area contributed by atoms with Crippen molar-refractivity contribution in [3.05, 3.63) is 36.5 Å². The van der Waals surface area contributed by atoms with Gasteiger partial charge in [0.2, 0.25) is 0 Å². The van der Waals surface area contributed by atoms with Gasteiger partial charge in [0.25, 0.3) is 0 Å². The van der Waals surface area contributed by atoms with Gasteiger partial charge in [-0.25, -0.2) is 4.79 Å². The van der Waals surface area contributed by atoms with Crippen LogP contribution >= 0.6 is 0 Å². The molecular weight excluding hydrogens is 238 g/mol. The standard InChI is InChI=1S/C15H17N3O/c19-15(17-12-7-1-2-8-12)18-13-9-3-5-11-6-4-10-16-14(11)13/h3-6,9-10,12H,1-2,7-8H2,(H2,17,18,19). The van der Waals surface area contributed by atoms with Crippen LogP contribution in [0, 0.1) is 0 Å². The number of pyridine rings is 1. The van der Waals surface area contributed by atoms with E-state index in [4.69, 9.17) is 0 Å². The number of rotatable bonds is 2. The van der Waals surface area contributed by atoms with Crippen molar-refractivity contribution in [1.82, 2.24) is 10.3 Å². The molecule has 2 aromatic rings. The van der Waals surface area contributed by atoms with Gasteiger partial charge in [0, 0.05) is 17.6 Å². The van der Waals surface area contributed by atoms with Crippen LogP contribution in [0.2, 0.25) is 0 Å². The monoisotopic (exact) mass is 255 g/mol. The molecule has 0 saturated heterocycles. The number of nitrogens with one attached hydrogen (secondary N) is 2. The van der Waals surface area contributed by atoms with Crippen LogP contribution in [0.1, 0.15) is 25.7 Å². The van der Waals surface area contributed by atoms with Crippen molar-refractivity contribution < 1.29 is 4.79 Å². The van der Waals surface area contributed by atoms with Crippen LogP contribution in [0.25, 0.3) is 10.9 Å². The maximum absolute atomic E-state index is 12.0. The topological polar surface area (TPSA) is 54.0 Å². The molecule has 4 nitrogen and oxygen atoms in total. The predicted octanol–water partition coefficient (Wildman–Crippen LogP) is 3.30. The van der Waals surface area contributed by atoms with E-state index in [2.05, 4.69) is 15.6 Å². The minimum atomic E-state index is -0.134. The summed E-state index contributed by atoms with van der Waals surface area (Å²) in [4.78, 5) is 16.3. The fourth-order valence-corrected chi connectivity index (χ4v) is 2.62. The average molecular weight is 255 g/mol. The smallest absolute Gasteiger partial charge is 0.319 e. The molecule has 1 aliphatic rings. The number of para-hydroxylation sites is 1. The minimum Gasteiger partial charge on any atom is -0.335 e. The Hall–Kier alpha value is -2.10. The fourth-order valence-electron chi connectivity index (χ4n) is 2.62. The Balaban J connectivity index is 1.75. The van der Waals surface area contributed by atoms with Gasteiger partial charge in [0.05, 0.1) is 11.2 Å². The third-order valence-corrected chi connectivity index (χ3v) is 3.57. The molecule has 1 aromatic heterocycles. The molecule has 1 aromatic carbocycles. The summed E-state index contributed by atoms with van der Waals surface area (Å²) in [6, 6.07) is 9.86. The molecule has 0 radical (unpaired) electrons. The Morgan fingerprint density at radius 3 is 2.79 bits per heavy atom. The van der Waals surface area contributed by atoms with Gasteiger partial charge in [-0.1, -0.05) is 31.0 Å². The first-order chi connectivity index (χ1) is 9.33. The van der Waals surface area contributed by atoms with Crippen LogP contribution in [0.15, 0.2) is 36.5 Å². The number of benzene rings is 1. The van der Waals surface area contributed by atoms with E-state index in [9.17, 15) is 4.79 Å². The van der Waals surface area contributed by atoms with Crippen molar-refractivity contribution in [2.24, 2.45) is 0 Å². The molecule has 0 spiro atoms. The lowest BCUT2D eigenvalue weighted by Crippen LogP contribution is -2.36. The molecular formula is C15H17N3O. The number of aromatic nitrogens is 1. The van der Waals surface area contributed by atoms with Crippen LogP contribution in [0.5, 0.6) is 0 Å². The van der Waals surface area contributed by atoms with Gasteiger partial charge < -0.3 is 10.6 Å². The van der Waals surface area contributed by atoms with Crippen molar-refractivity contribution in [1.29, 1.82) is 0 Å². The molecule has 4 heteroatoms. The molecule has 1 saturated carbocycles. The zero-order valence-electron chi connectivity index (χ0n) is 10.7. The summed E-state index contributed by atoms with van der Waals surface area (Å²) in [5.41, 5.74) is 1.58. The number of nitrogens with zero attached hydrogens (tertiary/aromatic N) is 1. The van der Waals surface area contributed by atoms with Crippen molar-refractivity contribution in [2.45, 2.75) is 31.7 Å². The van der Waals surface area contributed by atoms with Crippen molar-refractivity contribution in [3.63, 3.8) is 0 Å². The summed E-state index contributed by atoms with van der Waals surface area (Å²) in [6.07, 6.45) is 6.33. The number of carbonyl (C=O) groups excluding carboxylic acids is 1. The number of fused-ring (bicyclic) bond motifs is 1. The third kappa shape index (κ3) is 2.67. The maximum Gasteiger partial charge on any atom is 0.319 e. The second-order valence-electron chi connectivity index (χ2n) is 4.96. The highest BCUT2D eigenvalue weighted by atomic mass is 16.2. The number of hydrogen-bond donors (Lipinski definition) is 2. The molecule has 0 unspecified atom stereocenters. The van der Waals surface area contributed by atoms with E-state index >= 15 is 0 Å². The first-order valence-corrected chi connectivity index (χ1v) is 6.74. The summed E-state index contributed by atoms with van der Waals surface area (Å²) in [5.74, 6) is 0. The zero-order valence-corrected chi connectivity index (χ0v) is 10.7. The van der Waals surface area contributed by atoms with Gasteiger partial charge in [-0.15, -0.1) is 0 Å². The number of urea groups is 1. The lowest BCUT2D eigenvalue weighted by molar-refractivity contribution is 0.248. The van der Waals surface area contributed by atoms with E-state index in [-0.39, 0.29) is 6.03 Å². The summed E-state index contributed by atoms with van der Waals surface area (Å²) in [6.45, 7) is 0. The number of hydrogen-bond acceptors (Lipinski definition) is 2. The number of amides is 2. The maximum atomic E-state index is 12.0. The molecule has 1 fully saturated rings. The quantitative estimate of drug-likeness (QED) is 0.865. The molecule has 0 aliphatic heterocycles. The van der Waals surface area contributed by atoms with Crippen LogP contribution in [-0.2, 0) is 0 Å². The Bertz CT molecular complexity index is 585. The Morgan fingerprint density at radius 1 is 1.16 bits per heavy atom. The van der Waals surface area contributed by atoms with Gasteiger partial charge >= 0.3 is 6.03 Å². The van der Waals surface area contributed by atoms with E-state index in [0.717, 1.165) is 29.4 Å². The Kier molecular flexibility index (Phi) is 3.31. The minimum absolute atomic E-state index is 0.134. The fraction of sp³-hybridized carbons (Fsp3) is 0.333. The normalized spacial score (nSPS) is 15.6. The first kappa shape index (κ1) is 12.0.